The van der Waals surface area contributed by atoms with Crippen LogP contribution in [-0.2, 0) is 5.41 Å². The number of rotatable bonds is 3. The van der Waals surface area contributed by atoms with Crippen molar-refractivity contribution in [3.05, 3.63) is 169 Å². The number of nitrogens with zero attached hydrogens (tertiary/aromatic N) is 2. The van der Waals surface area contributed by atoms with Crippen molar-refractivity contribution in [1.82, 2.24) is 9.13 Å². The predicted octanol–water partition coefficient (Wildman–Crippen LogP) is 11.9. The molecular weight excluding hydrogens is 569 g/mol. The Morgan fingerprint density at radius 3 is 1.57 bits per heavy atom. The van der Waals surface area contributed by atoms with Crippen LogP contribution in [0.5, 0.6) is 0 Å². The van der Waals surface area contributed by atoms with E-state index in [4.69, 9.17) is 0 Å². The van der Waals surface area contributed by atoms with Gasteiger partial charge >= 0.3 is 0 Å². The van der Waals surface area contributed by atoms with Crippen LogP contribution in [0.2, 0.25) is 0 Å². The molecule has 2 heterocycles. The molecule has 1 aliphatic rings. The molecule has 0 radical (unpaired) electrons. The van der Waals surface area contributed by atoms with Gasteiger partial charge in [-0.3, -0.25) is 0 Å². The van der Waals surface area contributed by atoms with E-state index < -0.39 is 0 Å². The molecular formula is C45H32N2. The standard InChI is InChI=1S/C45H32N2/c1-45(2)39-17-9-6-14-33(39)38-28-32(24-27-40(38)45)47-42-19-11-8-16-35(42)37-26-25-36-34-15-7-10-18-41(34)46(43(36)44(37)47)31-22-20-30(21-23-31)29-12-4-3-5-13-29/h3-28H,1-2H3. The summed E-state index contributed by atoms with van der Waals surface area (Å²) in [6, 6.07) is 58.1. The van der Waals surface area contributed by atoms with E-state index in [0.717, 1.165) is 5.69 Å². The molecule has 7 aromatic carbocycles. The van der Waals surface area contributed by atoms with Gasteiger partial charge in [0.2, 0.25) is 0 Å². The highest BCUT2D eigenvalue weighted by molar-refractivity contribution is 6.23. The fraction of sp³-hybridized carbons (Fsp3) is 0.0667. The van der Waals surface area contributed by atoms with Crippen LogP contribution < -0.4 is 0 Å². The van der Waals surface area contributed by atoms with Crippen LogP contribution in [0.4, 0.5) is 0 Å². The number of hydrogen-bond acceptors (Lipinski definition) is 0. The van der Waals surface area contributed by atoms with Crippen LogP contribution >= 0.6 is 0 Å². The quantitative estimate of drug-likeness (QED) is 0.191. The summed E-state index contributed by atoms with van der Waals surface area (Å²) in [6.45, 7) is 4.70. The summed E-state index contributed by atoms with van der Waals surface area (Å²) >= 11 is 0. The minimum atomic E-state index is -0.0309. The molecule has 9 aromatic rings. The van der Waals surface area contributed by atoms with Crippen molar-refractivity contribution in [3.8, 4) is 33.6 Å². The minimum absolute atomic E-state index is 0.0309. The average molecular weight is 601 g/mol. The monoisotopic (exact) mass is 600 g/mol. The van der Waals surface area contributed by atoms with Gasteiger partial charge in [0.15, 0.2) is 0 Å². The Morgan fingerprint density at radius 1 is 0.383 bits per heavy atom. The van der Waals surface area contributed by atoms with E-state index in [2.05, 4.69) is 181 Å². The average Bonchev–Trinajstić information content (AvgIpc) is 3.72. The molecule has 0 spiro atoms. The second-order valence-electron chi connectivity index (χ2n) is 13.4. The Bertz CT molecular complexity index is 2680. The van der Waals surface area contributed by atoms with Crippen LogP contribution in [-0.4, -0.2) is 9.13 Å². The van der Waals surface area contributed by atoms with Crippen molar-refractivity contribution in [3.63, 3.8) is 0 Å². The van der Waals surface area contributed by atoms with Gasteiger partial charge in [0.25, 0.3) is 0 Å². The largest absolute Gasteiger partial charge is 0.307 e. The summed E-state index contributed by atoms with van der Waals surface area (Å²) in [5, 5.41) is 5.05. The minimum Gasteiger partial charge on any atom is -0.307 e. The summed E-state index contributed by atoms with van der Waals surface area (Å²) in [7, 11) is 0. The first-order valence-electron chi connectivity index (χ1n) is 16.5. The number of para-hydroxylation sites is 2. The molecule has 2 heteroatoms. The summed E-state index contributed by atoms with van der Waals surface area (Å²) < 4.78 is 4.98. The third-order valence-corrected chi connectivity index (χ3v) is 10.5. The van der Waals surface area contributed by atoms with Gasteiger partial charge in [0, 0.05) is 38.3 Å². The van der Waals surface area contributed by atoms with Gasteiger partial charge < -0.3 is 9.13 Å². The second-order valence-corrected chi connectivity index (χ2v) is 13.4. The van der Waals surface area contributed by atoms with E-state index in [1.807, 2.05) is 0 Å². The van der Waals surface area contributed by atoms with E-state index in [9.17, 15) is 0 Å². The lowest BCUT2D eigenvalue weighted by molar-refractivity contribution is 0.660. The molecule has 0 saturated carbocycles. The zero-order valence-electron chi connectivity index (χ0n) is 26.4. The molecule has 2 aromatic heterocycles. The molecule has 0 N–H and O–H groups in total. The maximum Gasteiger partial charge on any atom is 0.0788 e. The molecule has 0 bridgehead atoms. The number of benzene rings is 7. The first kappa shape index (κ1) is 26.4. The number of aromatic nitrogens is 2. The van der Waals surface area contributed by atoms with Crippen molar-refractivity contribution in [2.75, 3.05) is 0 Å². The number of hydrogen-bond donors (Lipinski definition) is 0. The van der Waals surface area contributed by atoms with Gasteiger partial charge in [-0.15, -0.1) is 0 Å². The van der Waals surface area contributed by atoms with Gasteiger partial charge in [0.1, 0.15) is 0 Å². The third kappa shape index (κ3) is 3.61. The Hall–Kier alpha value is -5.86. The van der Waals surface area contributed by atoms with Crippen molar-refractivity contribution >= 4 is 43.6 Å². The molecule has 0 atom stereocenters. The van der Waals surface area contributed by atoms with E-state index in [0.29, 0.717) is 0 Å². The van der Waals surface area contributed by atoms with Gasteiger partial charge in [0.05, 0.1) is 22.1 Å². The van der Waals surface area contributed by atoms with Gasteiger partial charge in [-0.2, -0.15) is 0 Å². The SMILES string of the molecule is CC1(C)c2ccccc2-c2cc(-n3c4ccccc4c4ccc5c6ccccc6n(-c6ccc(-c7ccccc7)cc6)c5c43)ccc21. The van der Waals surface area contributed by atoms with Crippen LogP contribution in [0.25, 0.3) is 77.2 Å². The smallest absolute Gasteiger partial charge is 0.0788 e. The van der Waals surface area contributed by atoms with E-state index in [1.165, 1.54) is 82.7 Å². The number of fused-ring (bicyclic) bond motifs is 10. The highest BCUT2D eigenvalue weighted by Crippen LogP contribution is 2.50. The molecule has 2 nitrogen and oxygen atoms in total. The Labute approximate surface area is 273 Å². The summed E-state index contributed by atoms with van der Waals surface area (Å²) in [6.07, 6.45) is 0. The molecule has 222 valence electrons. The van der Waals surface area contributed by atoms with Crippen LogP contribution in [0.3, 0.4) is 0 Å². The maximum atomic E-state index is 2.51. The molecule has 0 fully saturated rings. The van der Waals surface area contributed by atoms with Crippen LogP contribution in [0.15, 0.2) is 158 Å². The molecule has 0 aliphatic heterocycles. The highest BCUT2D eigenvalue weighted by Gasteiger charge is 2.35. The summed E-state index contributed by atoms with van der Waals surface area (Å²) in [5.74, 6) is 0. The fourth-order valence-corrected chi connectivity index (χ4v) is 8.32. The Balaban J connectivity index is 1.31. The zero-order chi connectivity index (χ0) is 31.3. The Morgan fingerprint density at radius 2 is 0.894 bits per heavy atom. The van der Waals surface area contributed by atoms with Gasteiger partial charge in [-0.25, -0.2) is 0 Å². The lowest BCUT2D eigenvalue weighted by Gasteiger charge is -2.21. The molecule has 1 aliphatic carbocycles. The first-order chi connectivity index (χ1) is 23.1. The first-order valence-corrected chi connectivity index (χ1v) is 16.5. The molecule has 0 amide bonds. The molecule has 47 heavy (non-hydrogen) atoms. The molecule has 0 saturated heterocycles. The van der Waals surface area contributed by atoms with E-state index >= 15 is 0 Å². The molecule has 10 rings (SSSR count). The summed E-state index contributed by atoms with van der Waals surface area (Å²) in [4.78, 5) is 0. The van der Waals surface area contributed by atoms with Crippen molar-refractivity contribution in [1.29, 1.82) is 0 Å². The lowest BCUT2D eigenvalue weighted by atomic mass is 9.82. The normalized spacial score (nSPS) is 13.5. The van der Waals surface area contributed by atoms with Gasteiger partial charge in [-0.1, -0.05) is 135 Å². The molecule has 0 unspecified atom stereocenters. The van der Waals surface area contributed by atoms with E-state index in [1.54, 1.807) is 0 Å². The predicted molar refractivity (Wildman–Crippen MR) is 198 cm³/mol. The van der Waals surface area contributed by atoms with Crippen LogP contribution in [0, 0.1) is 0 Å². The zero-order valence-corrected chi connectivity index (χ0v) is 26.4. The van der Waals surface area contributed by atoms with Crippen molar-refractivity contribution < 1.29 is 0 Å². The van der Waals surface area contributed by atoms with Gasteiger partial charge in [-0.05, 0) is 69.8 Å². The topological polar surface area (TPSA) is 9.86 Å². The van der Waals surface area contributed by atoms with Crippen molar-refractivity contribution in [2.24, 2.45) is 0 Å². The Kier molecular flexibility index (Phi) is 5.37. The van der Waals surface area contributed by atoms with Crippen molar-refractivity contribution in [2.45, 2.75) is 19.3 Å². The lowest BCUT2D eigenvalue weighted by Crippen LogP contribution is -2.14. The highest BCUT2D eigenvalue weighted by atomic mass is 15.0. The summed E-state index contributed by atoms with van der Waals surface area (Å²) in [5.41, 5.74) is 15.1. The fourth-order valence-electron chi connectivity index (χ4n) is 8.32. The maximum absolute atomic E-state index is 2.51. The van der Waals surface area contributed by atoms with E-state index in [-0.39, 0.29) is 5.41 Å². The second kappa shape index (κ2) is 9.57. The van der Waals surface area contributed by atoms with Crippen LogP contribution in [0.1, 0.15) is 25.0 Å². The third-order valence-electron chi connectivity index (χ3n) is 10.5.